The van der Waals surface area contributed by atoms with Crippen LogP contribution in [0.4, 0.5) is 9.18 Å². The van der Waals surface area contributed by atoms with E-state index in [9.17, 15) is 48.2 Å². The molecule has 0 bridgehead atoms. The maximum atomic E-state index is 15.0. The molecule has 1 fully saturated rings. The number of amides is 6. The number of aliphatic hydroxyl groups excluding tert-OH is 2. The molecule has 0 saturated carbocycles. The Morgan fingerprint density at radius 2 is 1.39 bits per heavy atom. The summed E-state index contributed by atoms with van der Waals surface area (Å²) in [6.45, 7) is 3.86. The molecule has 3 aromatic rings. The molecule has 20 heteroatoms. The standard InChI is InChI=1S/C47H59FN6O13/c1-26(2)39(44(61)52-27(3)42(59)51-25-64-24-47(4,48)45(62)65-22-28-12-6-5-7-13-28)54-43(60)34(18-19-38(56)50-21-36-41(58)40(57)35(67-36)20-37(49)55)53-46(63)66-23-33-31-16-10-8-14-29(31)30-15-9-11-17-32(30)33/h5-17,26-27,33-36,39-41,57-58H,18-25H2,1-4H3,(H2,49,55)(H,50,56)(H,51,59)(H,52,61)(H,53,63)(H,54,60)/t27-,34-,35-,36+,39-,40-,41+,47+/m0/s1. The Labute approximate surface area is 387 Å². The lowest BCUT2D eigenvalue weighted by Crippen LogP contribution is -2.58. The first-order chi connectivity index (χ1) is 31.9. The Kier molecular flexibility index (Phi) is 18.3. The molecule has 0 aromatic heterocycles. The van der Waals surface area contributed by atoms with Gasteiger partial charge in [-0.25, -0.2) is 14.0 Å². The van der Waals surface area contributed by atoms with E-state index in [1.807, 2.05) is 48.5 Å². The Balaban J connectivity index is 1.16. The average molecular weight is 935 g/mol. The minimum Gasteiger partial charge on any atom is -0.458 e. The molecule has 19 nitrogen and oxygen atoms in total. The van der Waals surface area contributed by atoms with Crippen molar-refractivity contribution < 1.29 is 67.1 Å². The molecular weight excluding hydrogens is 876 g/mol. The number of alkyl halides is 1. The second-order valence-corrected chi connectivity index (χ2v) is 17.0. The summed E-state index contributed by atoms with van der Waals surface area (Å²) in [6.07, 6.45) is -6.98. The number of carbonyl (C=O) groups is 7. The van der Waals surface area contributed by atoms with Crippen LogP contribution in [-0.2, 0) is 54.3 Å². The number of rotatable bonds is 23. The number of halogens is 1. The van der Waals surface area contributed by atoms with E-state index in [4.69, 9.17) is 24.7 Å². The summed E-state index contributed by atoms with van der Waals surface area (Å²) in [4.78, 5) is 90.5. The lowest BCUT2D eigenvalue weighted by atomic mass is 9.98. The second-order valence-electron chi connectivity index (χ2n) is 17.0. The number of alkyl carbamates (subject to hydrolysis) is 1. The van der Waals surface area contributed by atoms with Crippen molar-refractivity contribution in [3.63, 3.8) is 0 Å². The quantitative estimate of drug-likeness (QED) is 0.0380. The number of aliphatic hydroxyl groups is 2. The average Bonchev–Trinajstić information content (AvgIpc) is 3.76. The molecule has 1 aliphatic carbocycles. The van der Waals surface area contributed by atoms with Crippen molar-refractivity contribution >= 4 is 41.6 Å². The highest BCUT2D eigenvalue weighted by molar-refractivity contribution is 5.94. The van der Waals surface area contributed by atoms with E-state index >= 15 is 0 Å². The zero-order valence-electron chi connectivity index (χ0n) is 37.7. The van der Waals surface area contributed by atoms with Gasteiger partial charge in [-0.3, -0.25) is 24.0 Å². The number of nitrogens with one attached hydrogen (secondary N) is 5. The predicted molar refractivity (Wildman–Crippen MR) is 238 cm³/mol. The fraction of sp³-hybridized carbons (Fsp3) is 0.468. The monoisotopic (exact) mass is 934 g/mol. The number of hydrogen-bond donors (Lipinski definition) is 8. The lowest BCUT2D eigenvalue weighted by molar-refractivity contribution is -0.162. The zero-order valence-corrected chi connectivity index (χ0v) is 37.7. The van der Waals surface area contributed by atoms with Gasteiger partial charge in [0.15, 0.2) is 0 Å². The number of nitrogens with two attached hydrogens (primary N) is 1. The number of hydrogen-bond acceptors (Lipinski definition) is 13. The molecule has 9 N–H and O–H groups in total. The van der Waals surface area contributed by atoms with Crippen LogP contribution in [0.1, 0.15) is 69.6 Å². The normalized spacial score (nSPS) is 19.6. The molecule has 1 aliphatic heterocycles. The Bertz CT molecular complexity index is 2180. The highest BCUT2D eigenvalue weighted by Gasteiger charge is 2.43. The number of ether oxygens (including phenoxy) is 4. The van der Waals surface area contributed by atoms with E-state index in [0.717, 1.165) is 29.2 Å². The van der Waals surface area contributed by atoms with Crippen molar-refractivity contribution in [1.82, 2.24) is 26.6 Å². The molecule has 67 heavy (non-hydrogen) atoms. The van der Waals surface area contributed by atoms with Gasteiger partial charge in [-0.05, 0) is 54.0 Å². The van der Waals surface area contributed by atoms with Crippen molar-refractivity contribution in [2.24, 2.45) is 11.7 Å². The van der Waals surface area contributed by atoms with Gasteiger partial charge in [0.05, 0.1) is 19.1 Å². The molecule has 0 spiro atoms. The van der Waals surface area contributed by atoms with Crippen molar-refractivity contribution in [1.29, 1.82) is 0 Å². The number of primary amides is 1. The summed E-state index contributed by atoms with van der Waals surface area (Å²) >= 11 is 0. The molecule has 3 aromatic carbocycles. The maximum Gasteiger partial charge on any atom is 0.407 e. The summed E-state index contributed by atoms with van der Waals surface area (Å²) in [7, 11) is 0. The third-order valence-corrected chi connectivity index (χ3v) is 11.3. The zero-order chi connectivity index (χ0) is 48.8. The molecule has 5 rings (SSSR count). The van der Waals surface area contributed by atoms with Gasteiger partial charge in [-0.2, -0.15) is 0 Å². The lowest BCUT2D eigenvalue weighted by Gasteiger charge is -2.26. The number of esters is 1. The predicted octanol–water partition coefficient (Wildman–Crippen LogP) is 1.36. The van der Waals surface area contributed by atoms with Gasteiger partial charge in [-0.15, -0.1) is 0 Å². The highest BCUT2D eigenvalue weighted by atomic mass is 19.1. The van der Waals surface area contributed by atoms with E-state index in [1.165, 1.54) is 6.92 Å². The van der Waals surface area contributed by atoms with Gasteiger partial charge in [0.25, 0.3) is 0 Å². The van der Waals surface area contributed by atoms with Crippen LogP contribution in [0.3, 0.4) is 0 Å². The molecule has 2 aliphatic rings. The minimum atomic E-state index is -2.53. The summed E-state index contributed by atoms with van der Waals surface area (Å²) in [5.41, 5.74) is 7.24. The van der Waals surface area contributed by atoms with Gasteiger partial charge >= 0.3 is 12.1 Å². The fourth-order valence-corrected chi connectivity index (χ4v) is 7.60. The van der Waals surface area contributed by atoms with Gasteiger partial charge in [0, 0.05) is 18.9 Å². The first kappa shape index (κ1) is 51.5. The SMILES string of the molecule is CC(C)[C@H](NC(=O)[C@H](CCC(=O)NC[C@H]1O[C@@H](CC(N)=O)[C@H](O)[C@@H]1O)NC(=O)OCC1c2ccccc2-c2ccccc21)C(=O)N[C@@H](C)C(=O)NCOC[C@@](C)(F)C(=O)OCc1ccccc1. The molecule has 8 atom stereocenters. The highest BCUT2D eigenvalue weighted by Crippen LogP contribution is 2.44. The summed E-state index contributed by atoms with van der Waals surface area (Å²) in [5, 5.41) is 33.2. The molecule has 362 valence electrons. The Morgan fingerprint density at radius 3 is 2.01 bits per heavy atom. The molecule has 0 unspecified atom stereocenters. The third-order valence-electron chi connectivity index (χ3n) is 11.3. The molecule has 1 saturated heterocycles. The molecular formula is C47H59FN6O13. The van der Waals surface area contributed by atoms with Gasteiger partial charge in [0.1, 0.15) is 56.4 Å². The molecule has 0 radical (unpaired) electrons. The topological polar surface area (TPSA) is 283 Å². The third kappa shape index (κ3) is 14.3. The van der Waals surface area contributed by atoms with Crippen LogP contribution >= 0.6 is 0 Å². The second kappa shape index (κ2) is 23.8. The Morgan fingerprint density at radius 1 is 0.776 bits per heavy atom. The number of carbonyl (C=O) groups excluding carboxylic acids is 7. The van der Waals surface area contributed by atoms with Gasteiger partial charge in [0.2, 0.25) is 35.2 Å². The van der Waals surface area contributed by atoms with Crippen LogP contribution in [-0.4, -0.2) is 127 Å². The van der Waals surface area contributed by atoms with Crippen molar-refractivity contribution in [2.75, 3.05) is 26.5 Å². The maximum absolute atomic E-state index is 15.0. The van der Waals surface area contributed by atoms with E-state index in [-0.39, 0.29) is 44.9 Å². The van der Waals surface area contributed by atoms with E-state index in [1.54, 1.807) is 44.2 Å². The Hall–Kier alpha value is -6.48. The summed E-state index contributed by atoms with van der Waals surface area (Å²) in [6, 6.07) is 20.2. The number of fused-ring (bicyclic) bond motifs is 3. The number of benzene rings is 3. The van der Waals surface area contributed by atoms with E-state index in [2.05, 4.69) is 26.6 Å². The summed E-state index contributed by atoms with van der Waals surface area (Å²) < 4.78 is 36.4. The van der Waals surface area contributed by atoms with Crippen LogP contribution in [0.5, 0.6) is 0 Å². The van der Waals surface area contributed by atoms with Crippen LogP contribution in [0.25, 0.3) is 11.1 Å². The van der Waals surface area contributed by atoms with Crippen molar-refractivity contribution in [3.05, 3.63) is 95.6 Å². The van der Waals surface area contributed by atoms with Crippen LogP contribution in [0.2, 0.25) is 0 Å². The van der Waals surface area contributed by atoms with Gasteiger partial charge < -0.3 is 61.5 Å². The van der Waals surface area contributed by atoms with Crippen LogP contribution in [0.15, 0.2) is 78.9 Å². The largest absolute Gasteiger partial charge is 0.458 e. The van der Waals surface area contributed by atoms with Gasteiger partial charge in [-0.1, -0.05) is 92.7 Å². The smallest absolute Gasteiger partial charge is 0.407 e. The van der Waals surface area contributed by atoms with Crippen LogP contribution < -0.4 is 32.3 Å². The first-order valence-corrected chi connectivity index (χ1v) is 21.9. The van der Waals surface area contributed by atoms with Crippen molar-refractivity contribution in [3.8, 4) is 11.1 Å². The van der Waals surface area contributed by atoms with E-state index in [0.29, 0.717) is 5.56 Å². The summed E-state index contributed by atoms with van der Waals surface area (Å²) in [5.74, 6) is -5.76. The van der Waals surface area contributed by atoms with Crippen LogP contribution in [0, 0.1) is 5.92 Å². The van der Waals surface area contributed by atoms with Crippen molar-refractivity contribution in [2.45, 2.75) is 108 Å². The first-order valence-electron chi connectivity index (χ1n) is 21.9. The minimum absolute atomic E-state index is 0.0859. The van der Waals surface area contributed by atoms with E-state index < -0.39 is 109 Å². The molecule has 6 amide bonds. The molecule has 1 heterocycles. The fourth-order valence-electron chi connectivity index (χ4n) is 7.60.